The number of amides is 1. The van der Waals surface area contributed by atoms with Crippen LogP contribution >= 0.6 is 11.6 Å². The third-order valence-corrected chi connectivity index (χ3v) is 6.21. The van der Waals surface area contributed by atoms with Crippen LogP contribution in [-0.4, -0.2) is 51.7 Å². The number of hydrogen-bond acceptors (Lipinski definition) is 4. The first-order valence-electron chi connectivity index (χ1n) is 8.26. The summed E-state index contributed by atoms with van der Waals surface area (Å²) in [5, 5.41) is 0.289. The van der Waals surface area contributed by atoms with E-state index in [2.05, 4.69) is 0 Å². The molecule has 0 bridgehead atoms. The molecule has 0 heterocycles. The van der Waals surface area contributed by atoms with Gasteiger partial charge in [0.1, 0.15) is 11.8 Å². The number of nitrogens with zero attached hydrogens (tertiary/aromatic N) is 2. The quantitative estimate of drug-likeness (QED) is 0.751. The number of ether oxygens (including phenoxy) is 1. The van der Waals surface area contributed by atoms with Crippen molar-refractivity contribution in [1.82, 2.24) is 4.90 Å². The largest absolute Gasteiger partial charge is 0.495 e. The Morgan fingerprint density at radius 2 is 1.92 bits per heavy atom. The standard InChI is InChI=1S/C17H25ClN2O4S/c1-12(17(21)19(2)13-7-5-6-8-13)20(25(4,22)23)14-9-10-16(24-3)15(18)11-14/h9-13H,5-8H2,1-4H3/t12-/m0/s1. The summed E-state index contributed by atoms with van der Waals surface area (Å²) in [7, 11) is -0.439. The Bertz CT molecular complexity index is 732. The van der Waals surface area contributed by atoms with Crippen LogP contribution in [0.4, 0.5) is 5.69 Å². The number of anilines is 1. The molecule has 25 heavy (non-hydrogen) atoms. The lowest BCUT2D eigenvalue weighted by Gasteiger charge is -2.33. The van der Waals surface area contributed by atoms with Gasteiger partial charge in [-0.1, -0.05) is 24.4 Å². The fourth-order valence-corrected chi connectivity index (χ4v) is 4.77. The smallest absolute Gasteiger partial charge is 0.246 e. The molecule has 1 aliphatic rings. The molecule has 1 aromatic rings. The van der Waals surface area contributed by atoms with Crippen LogP contribution < -0.4 is 9.04 Å². The van der Waals surface area contributed by atoms with Crippen LogP contribution in [0.2, 0.25) is 5.02 Å². The number of hydrogen-bond donors (Lipinski definition) is 0. The molecule has 0 saturated heterocycles. The lowest BCUT2D eigenvalue weighted by molar-refractivity contribution is -0.132. The van der Waals surface area contributed by atoms with Gasteiger partial charge in [-0.15, -0.1) is 0 Å². The molecule has 1 fully saturated rings. The minimum atomic E-state index is -3.67. The Kier molecular flexibility index (Phi) is 6.21. The lowest BCUT2D eigenvalue weighted by Crippen LogP contribution is -2.50. The number of methoxy groups -OCH3 is 1. The molecule has 140 valence electrons. The van der Waals surface area contributed by atoms with E-state index in [1.165, 1.54) is 13.2 Å². The van der Waals surface area contributed by atoms with Crippen LogP contribution in [0.3, 0.4) is 0 Å². The van der Waals surface area contributed by atoms with E-state index in [0.717, 1.165) is 36.2 Å². The second kappa shape index (κ2) is 7.83. The first-order valence-corrected chi connectivity index (χ1v) is 10.5. The van der Waals surface area contributed by atoms with Gasteiger partial charge in [-0.3, -0.25) is 9.10 Å². The Morgan fingerprint density at radius 1 is 1.32 bits per heavy atom. The highest BCUT2D eigenvalue weighted by Crippen LogP contribution is 2.32. The van der Waals surface area contributed by atoms with Crippen molar-refractivity contribution in [3.05, 3.63) is 23.2 Å². The second-order valence-corrected chi connectivity index (χ2v) is 8.71. The molecule has 1 aromatic carbocycles. The maximum atomic E-state index is 12.9. The highest BCUT2D eigenvalue weighted by molar-refractivity contribution is 7.92. The van der Waals surface area contributed by atoms with E-state index in [1.807, 2.05) is 0 Å². The molecule has 1 amide bonds. The zero-order chi connectivity index (χ0) is 18.8. The van der Waals surface area contributed by atoms with Crippen LogP contribution in [0.15, 0.2) is 18.2 Å². The van der Waals surface area contributed by atoms with Crippen molar-refractivity contribution in [2.45, 2.75) is 44.7 Å². The third-order valence-electron chi connectivity index (χ3n) is 4.68. The van der Waals surface area contributed by atoms with Crippen LogP contribution in [-0.2, 0) is 14.8 Å². The monoisotopic (exact) mass is 388 g/mol. The van der Waals surface area contributed by atoms with Gasteiger partial charge in [-0.2, -0.15) is 0 Å². The number of halogens is 1. The highest BCUT2D eigenvalue weighted by Gasteiger charge is 2.34. The SMILES string of the molecule is COc1ccc(N([C@@H](C)C(=O)N(C)C2CCCC2)S(C)(=O)=O)cc1Cl. The molecule has 1 aliphatic carbocycles. The third kappa shape index (κ3) is 4.39. The van der Waals surface area contributed by atoms with Crippen LogP contribution in [0.25, 0.3) is 0 Å². The van der Waals surface area contributed by atoms with Gasteiger partial charge in [0.25, 0.3) is 0 Å². The van der Waals surface area contributed by atoms with Gasteiger partial charge in [0.05, 0.1) is 24.1 Å². The molecule has 0 N–H and O–H groups in total. The Labute approximate surface area is 154 Å². The summed E-state index contributed by atoms with van der Waals surface area (Å²) in [6.07, 6.45) is 5.20. The molecular weight excluding hydrogens is 364 g/mol. The molecule has 0 unspecified atom stereocenters. The zero-order valence-electron chi connectivity index (χ0n) is 15.0. The van der Waals surface area contributed by atoms with Crippen molar-refractivity contribution in [2.75, 3.05) is 24.7 Å². The Balaban J connectivity index is 2.34. The van der Waals surface area contributed by atoms with E-state index < -0.39 is 16.1 Å². The van der Waals surface area contributed by atoms with Gasteiger partial charge in [-0.25, -0.2) is 8.42 Å². The van der Waals surface area contributed by atoms with Crippen molar-refractivity contribution in [1.29, 1.82) is 0 Å². The summed E-state index contributed by atoms with van der Waals surface area (Å²) in [5.74, 6) is 0.227. The first-order chi connectivity index (χ1) is 11.7. The molecule has 8 heteroatoms. The Morgan fingerprint density at radius 3 is 2.40 bits per heavy atom. The molecule has 0 aliphatic heterocycles. The van der Waals surface area contributed by atoms with Crippen LogP contribution in [0, 0.1) is 0 Å². The van der Waals surface area contributed by atoms with Crippen molar-refractivity contribution in [3.63, 3.8) is 0 Å². The summed E-state index contributed by atoms with van der Waals surface area (Å²) in [6, 6.07) is 4.00. The fourth-order valence-electron chi connectivity index (χ4n) is 3.36. The summed E-state index contributed by atoms with van der Waals surface area (Å²) >= 11 is 6.13. The zero-order valence-corrected chi connectivity index (χ0v) is 16.6. The predicted molar refractivity (Wildman–Crippen MR) is 99.8 cm³/mol. The van der Waals surface area contributed by atoms with Crippen molar-refractivity contribution in [2.24, 2.45) is 0 Å². The van der Waals surface area contributed by atoms with E-state index in [4.69, 9.17) is 16.3 Å². The van der Waals surface area contributed by atoms with Gasteiger partial charge in [0.2, 0.25) is 15.9 Å². The van der Waals surface area contributed by atoms with Crippen molar-refractivity contribution < 1.29 is 17.9 Å². The number of benzene rings is 1. The minimum Gasteiger partial charge on any atom is -0.495 e. The van der Waals surface area contributed by atoms with Crippen LogP contribution in [0.1, 0.15) is 32.6 Å². The molecule has 2 rings (SSSR count). The van der Waals surface area contributed by atoms with E-state index in [9.17, 15) is 13.2 Å². The van der Waals surface area contributed by atoms with Gasteiger partial charge in [-0.05, 0) is 38.0 Å². The normalized spacial score (nSPS) is 16.5. The molecule has 6 nitrogen and oxygen atoms in total. The van der Waals surface area contributed by atoms with Gasteiger partial charge < -0.3 is 9.64 Å². The highest BCUT2D eigenvalue weighted by atomic mass is 35.5. The first kappa shape index (κ1) is 19.8. The van der Waals surface area contributed by atoms with Gasteiger partial charge in [0.15, 0.2) is 0 Å². The maximum Gasteiger partial charge on any atom is 0.246 e. The maximum absolute atomic E-state index is 12.9. The van der Waals surface area contributed by atoms with Crippen molar-refractivity contribution in [3.8, 4) is 5.75 Å². The molecule has 1 saturated carbocycles. The van der Waals surface area contributed by atoms with Gasteiger partial charge in [0, 0.05) is 13.1 Å². The van der Waals surface area contributed by atoms with E-state index in [-0.39, 0.29) is 17.0 Å². The summed E-state index contributed by atoms with van der Waals surface area (Å²) in [5.41, 5.74) is 0.342. The van der Waals surface area contributed by atoms with Crippen LogP contribution in [0.5, 0.6) is 5.75 Å². The molecule has 0 spiro atoms. The average Bonchev–Trinajstić information content (AvgIpc) is 3.06. The second-order valence-electron chi connectivity index (χ2n) is 6.44. The number of sulfonamides is 1. The van der Waals surface area contributed by atoms with Gasteiger partial charge >= 0.3 is 0 Å². The lowest BCUT2D eigenvalue weighted by atomic mass is 10.2. The average molecular weight is 389 g/mol. The number of rotatable bonds is 6. The molecule has 1 atom stereocenters. The Hall–Kier alpha value is -1.47. The molecule has 0 aromatic heterocycles. The van der Waals surface area contributed by atoms with E-state index in [1.54, 1.807) is 31.0 Å². The summed E-state index contributed by atoms with van der Waals surface area (Å²) in [6.45, 7) is 1.60. The topological polar surface area (TPSA) is 66.9 Å². The van der Waals surface area contributed by atoms with E-state index in [0.29, 0.717) is 11.4 Å². The van der Waals surface area contributed by atoms with Crippen molar-refractivity contribution >= 4 is 33.2 Å². The number of carbonyl (C=O) groups excluding carboxylic acids is 1. The fraction of sp³-hybridized carbons (Fsp3) is 0.588. The number of likely N-dealkylation sites (N-methyl/N-ethyl adjacent to an activating group) is 1. The molecular formula is C17H25ClN2O4S. The predicted octanol–water partition coefficient (Wildman–Crippen LogP) is 2.90. The van der Waals surface area contributed by atoms with E-state index >= 15 is 0 Å². The number of carbonyl (C=O) groups is 1. The minimum absolute atomic E-state index is 0.177. The summed E-state index contributed by atoms with van der Waals surface area (Å²) < 4.78 is 31.0. The molecule has 0 radical (unpaired) electrons. The summed E-state index contributed by atoms with van der Waals surface area (Å²) in [4.78, 5) is 14.5.